The minimum atomic E-state index is -0.272. The quantitative estimate of drug-likeness (QED) is 0.628. The van der Waals surface area contributed by atoms with Crippen molar-refractivity contribution in [3.05, 3.63) is 53.9 Å². The van der Waals surface area contributed by atoms with Crippen LogP contribution < -0.4 is 10.1 Å². The van der Waals surface area contributed by atoms with Crippen LogP contribution in [0.4, 0.5) is 5.69 Å². The van der Waals surface area contributed by atoms with Crippen LogP contribution in [0.15, 0.2) is 42.7 Å². The summed E-state index contributed by atoms with van der Waals surface area (Å²) in [6.45, 7) is 10.2. The Morgan fingerprint density at radius 3 is 2.58 bits per heavy atom. The lowest BCUT2D eigenvalue weighted by Crippen LogP contribution is -2.49. The maximum Gasteiger partial charge on any atom is 0.257 e. The van der Waals surface area contributed by atoms with E-state index < -0.39 is 0 Å². The monoisotopic (exact) mass is 494 g/mol. The maximum atomic E-state index is 13.6. The molecule has 194 valence electrons. The maximum absolute atomic E-state index is 13.6. The third-order valence-corrected chi connectivity index (χ3v) is 7.11. The lowest BCUT2D eigenvalue weighted by Gasteiger charge is -2.38. The Balaban J connectivity index is 1.62. The molecule has 2 aliphatic rings. The summed E-state index contributed by atoms with van der Waals surface area (Å²) < 4.78 is 12.2. The van der Waals surface area contributed by atoms with E-state index in [0.717, 1.165) is 39.1 Å². The van der Waals surface area contributed by atoms with Crippen LogP contribution in [-0.4, -0.2) is 78.6 Å². The number of nitrogens with zero attached hydrogens (tertiary/aromatic N) is 3. The Morgan fingerprint density at radius 2 is 1.89 bits per heavy atom. The van der Waals surface area contributed by atoms with Crippen molar-refractivity contribution in [3.63, 3.8) is 0 Å². The van der Waals surface area contributed by atoms with Gasteiger partial charge < -0.3 is 24.6 Å². The summed E-state index contributed by atoms with van der Waals surface area (Å²) >= 11 is 0. The van der Waals surface area contributed by atoms with E-state index in [9.17, 15) is 9.59 Å². The Bertz CT molecular complexity index is 1040. The first-order valence-corrected chi connectivity index (χ1v) is 12.9. The molecule has 8 heteroatoms. The van der Waals surface area contributed by atoms with E-state index in [2.05, 4.69) is 29.2 Å². The molecule has 8 nitrogen and oxygen atoms in total. The molecule has 0 bridgehead atoms. The van der Waals surface area contributed by atoms with Crippen LogP contribution in [0.5, 0.6) is 5.75 Å². The summed E-state index contributed by atoms with van der Waals surface area (Å²) in [7, 11) is 2.13. The van der Waals surface area contributed by atoms with Gasteiger partial charge in [0.1, 0.15) is 6.10 Å². The predicted octanol–water partition coefficient (Wildman–Crippen LogP) is 3.94. The molecular weight excluding hydrogens is 456 g/mol. The first-order chi connectivity index (χ1) is 17.3. The Labute approximate surface area is 214 Å². The Kier molecular flexibility index (Phi) is 8.59. The van der Waals surface area contributed by atoms with Gasteiger partial charge in [0.15, 0.2) is 5.75 Å². The van der Waals surface area contributed by atoms with Gasteiger partial charge in [0.25, 0.3) is 11.8 Å². The van der Waals surface area contributed by atoms with Crippen molar-refractivity contribution in [2.24, 2.45) is 11.8 Å². The lowest BCUT2D eigenvalue weighted by atomic mass is 9.97. The van der Waals surface area contributed by atoms with Gasteiger partial charge in [0.05, 0.1) is 11.3 Å². The van der Waals surface area contributed by atoms with Crippen LogP contribution in [0.25, 0.3) is 0 Å². The van der Waals surface area contributed by atoms with Gasteiger partial charge in [-0.2, -0.15) is 0 Å². The van der Waals surface area contributed by atoms with E-state index in [1.807, 2.05) is 18.7 Å². The van der Waals surface area contributed by atoms with Crippen molar-refractivity contribution in [1.29, 1.82) is 0 Å². The smallest absolute Gasteiger partial charge is 0.257 e. The molecule has 0 aliphatic carbocycles. The van der Waals surface area contributed by atoms with Gasteiger partial charge in [-0.05, 0) is 63.9 Å². The van der Waals surface area contributed by atoms with Crippen molar-refractivity contribution in [1.82, 2.24) is 14.8 Å². The number of rotatable bonds is 7. The summed E-state index contributed by atoms with van der Waals surface area (Å²) in [6, 6.07) is 8.72. The fourth-order valence-corrected chi connectivity index (χ4v) is 4.98. The number of pyridine rings is 1. The first kappa shape index (κ1) is 26.1. The van der Waals surface area contributed by atoms with Crippen LogP contribution >= 0.6 is 0 Å². The number of fused-ring (bicyclic) bond motifs is 1. The van der Waals surface area contributed by atoms with Crippen LogP contribution in [0.3, 0.4) is 0 Å². The molecule has 1 aromatic heterocycles. The number of hydrogen-bond donors (Lipinski definition) is 1. The third kappa shape index (κ3) is 6.23. The van der Waals surface area contributed by atoms with Crippen LogP contribution in [-0.2, 0) is 4.74 Å². The highest BCUT2D eigenvalue weighted by molar-refractivity contribution is 6.07. The summed E-state index contributed by atoms with van der Waals surface area (Å²) in [4.78, 5) is 34.7. The first-order valence-electron chi connectivity index (χ1n) is 12.9. The molecular formula is C28H38N4O4. The second-order valence-electron chi connectivity index (χ2n) is 10.3. The molecule has 0 saturated carbocycles. The number of benzene rings is 1. The minimum absolute atomic E-state index is 0.0431. The summed E-state index contributed by atoms with van der Waals surface area (Å²) in [5.41, 5.74) is 1.46. The van der Waals surface area contributed by atoms with Gasteiger partial charge >= 0.3 is 0 Å². The number of aromatic nitrogens is 1. The fraction of sp³-hybridized carbons (Fsp3) is 0.536. The van der Waals surface area contributed by atoms with Crippen LogP contribution in [0.1, 0.15) is 54.3 Å². The zero-order valence-corrected chi connectivity index (χ0v) is 21.8. The molecule has 1 aromatic carbocycles. The number of hydrogen-bond acceptors (Lipinski definition) is 6. The minimum Gasteiger partial charge on any atom is -0.486 e. The molecule has 0 spiro atoms. The molecule has 1 saturated heterocycles. The highest BCUT2D eigenvalue weighted by Gasteiger charge is 2.34. The van der Waals surface area contributed by atoms with E-state index >= 15 is 0 Å². The van der Waals surface area contributed by atoms with Crippen LogP contribution in [0, 0.1) is 11.8 Å². The largest absolute Gasteiger partial charge is 0.486 e. The summed E-state index contributed by atoms with van der Waals surface area (Å²) in [5, 5.41) is 2.96. The highest BCUT2D eigenvalue weighted by atomic mass is 16.5. The van der Waals surface area contributed by atoms with E-state index in [0.29, 0.717) is 35.0 Å². The van der Waals surface area contributed by atoms with Crippen molar-refractivity contribution >= 4 is 17.5 Å². The molecule has 2 amide bonds. The highest BCUT2D eigenvalue weighted by Crippen LogP contribution is 2.35. The fourth-order valence-electron chi connectivity index (χ4n) is 4.98. The second kappa shape index (κ2) is 11.8. The molecule has 4 rings (SSSR count). The van der Waals surface area contributed by atoms with Gasteiger partial charge in [-0.15, -0.1) is 0 Å². The summed E-state index contributed by atoms with van der Waals surface area (Å²) in [5.74, 6) is 0.799. The molecule has 2 atom stereocenters. The standard InChI is InChI=1S/C28H38N4O4/c1-19(2)32-16-20(3)25(18-31(4)17-21-10-14-35-15-11-21)36-26-23(28(32)34)6-5-7-24(26)30-27(33)22-8-12-29-13-9-22/h5-9,12-13,19-21,25H,10-11,14-18H2,1-4H3,(H,30,33)/t20-,25?/m0/s1. The van der Waals surface area contributed by atoms with E-state index in [1.165, 1.54) is 0 Å². The van der Waals surface area contributed by atoms with Gasteiger partial charge in [-0.25, -0.2) is 0 Å². The summed E-state index contributed by atoms with van der Waals surface area (Å²) in [6.07, 6.45) is 5.17. The van der Waals surface area contributed by atoms with E-state index in [1.54, 1.807) is 42.7 Å². The van der Waals surface area contributed by atoms with E-state index in [4.69, 9.17) is 9.47 Å². The molecule has 1 N–H and O–H groups in total. The van der Waals surface area contributed by atoms with Gasteiger partial charge in [-0.3, -0.25) is 14.6 Å². The van der Waals surface area contributed by atoms with Crippen molar-refractivity contribution < 1.29 is 19.1 Å². The number of carbonyl (C=O) groups is 2. The number of para-hydroxylation sites is 1. The number of likely N-dealkylation sites (N-methyl/N-ethyl adjacent to an activating group) is 1. The predicted molar refractivity (Wildman–Crippen MR) is 139 cm³/mol. The van der Waals surface area contributed by atoms with Crippen molar-refractivity contribution in [3.8, 4) is 5.75 Å². The Hall–Kier alpha value is -2.97. The lowest BCUT2D eigenvalue weighted by molar-refractivity contribution is 0.0325. The number of nitrogens with one attached hydrogen (secondary N) is 1. The van der Waals surface area contributed by atoms with Crippen LogP contribution in [0.2, 0.25) is 0 Å². The normalized spacial score (nSPS) is 21.1. The van der Waals surface area contributed by atoms with E-state index in [-0.39, 0.29) is 29.9 Å². The zero-order chi connectivity index (χ0) is 25.7. The average molecular weight is 495 g/mol. The van der Waals surface area contributed by atoms with Gasteiger partial charge in [0.2, 0.25) is 0 Å². The molecule has 1 fully saturated rings. The number of amides is 2. The molecule has 2 aliphatic heterocycles. The molecule has 0 radical (unpaired) electrons. The number of anilines is 1. The zero-order valence-electron chi connectivity index (χ0n) is 21.8. The number of carbonyl (C=O) groups excluding carboxylic acids is 2. The van der Waals surface area contributed by atoms with Gasteiger partial charge in [-0.1, -0.05) is 13.0 Å². The average Bonchev–Trinajstić information content (AvgIpc) is 2.87. The van der Waals surface area contributed by atoms with Crippen molar-refractivity contribution in [2.45, 2.75) is 45.8 Å². The topological polar surface area (TPSA) is 84.0 Å². The number of ether oxygens (including phenoxy) is 2. The molecule has 1 unspecified atom stereocenters. The van der Waals surface area contributed by atoms with Crippen molar-refractivity contribution in [2.75, 3.05) is 45.2 Å². The SMILES string of the molecule is CC(C)N1C[C@H](C)C(CN(C)CC2CCOCC2)Oc2c(NC(=O)c3ccncc3)cccc2C1=O. The Morgan fingerprint density at radius 1 is 1.17 bits per heavy atom. The third-order valence-electron chi connectivity index (χ3n) is 7.11. The molecule has 36 heavy (non-hydrogen) atoms. The molecule has 2 aromatic rings. The molecule has 3 heterocycles. The second-order valence-corrected chi connectivity index (χ2v) is 10.3. The van der Waals surface area contributed by atoms with Gasteiger partial charge in [0, 0.05) is 62.8 Å².